The Morgan fingerprint density at radius 2 is 1.86 bits per heavy atom. The standard InChI is InChI=1S/C21H26FNO5/c1-5-11-27-12-16-19(21(25)28-6-2)18(14-9-7-8-10-15(14)22)17(13(3)23-16)20(24)26-4/h7-10,18,23H,5-6,11-12H2,1-4H3/i22-1. The van der Waals surface area contributed by atoms with Gasteiger partial charge in [-0.1, -0.05) is 25.1 Å². The molecule has 0 bridgehead atoms. The number of ether oxygens (including phenoxy) is 3. The van der Waals surface area contributed by atoms with E-state index in [1.165, 1.54) is 13.2 Å². The van der Waals surface area contributed by atoms with Crippen molar-refractivity contribution >= 4 is 11.9 Å². The quantitative estimate of drug-likeness (QED) is 0.543. The van der Waals surface area contributed by atoms with Crippen molar-refractivity contribution in [2.75, 3.05) is 26.9 Å². The van der Waals surface area contributed by atoms with E-state index in [-0.39, 0.29) is 29.9 Å². The second-order valence-corrected chi connectivity index (χ2v) is 6.28. The molecule has 0 fully saturated rings. The number of halogens is 1. The molecule has 1 aliphatic rings. The maximum atomic E-state index is 14.7. The largest absolute Gasteiger partial charge is 0.466 e. The summed E-state index contributed by atoms with van der Waals surface area (Å²) in [6, 6.07) is 6.04. The molecule has 0 radical (unpaired) electrons. The third kappa shape index (κ3) is 4.59. The third-order valence-corrected chi connectivity index (χ3v) is 4.36. The average Bonchev–Trinajstić information content (AvgIpc) is 2.67. The van der Waals surface area contributed by atoms with Crippen LogP contribution in [0, 0.1) is 5.82 Å². The van der Waals surface area contributed by atoms with Crippen LogP contribution in [0.2, 0.25) is 0 Å². The predicted molar refractivity (Wildman–Crippen MR) is 102 cm³/mol. The summed E-state index contributed by atoms with van der Waals surface area (Å²) < 4.78 is 30.4. The van der Waals surface area contributed by atoms with E-state index in [0.717, 1.165) is 6.42 Å². The first-order valence-electron chi connectivity index (χ1n) is 9.24. The molecular weight excluding hydrogens is 364 g/mol. The molecule has 2 rings (SSSR count). The lowest BCUT2D eigenvalue weighted by Gasteiger charge is -2.31. The summed E-state index contributed by atoms with van der Waals surface area (Å²) in [5.74, 6) is -2.77. The number of rotatable bonds is 8. The van der Waals surface area contributed by atoms with Crippen molar-refractivity contribution in [2.45, 2.75) is 33.1 Å². The lowest BCUT2D eigenvalue weighted by Crippen LogP contribution is -2.35. The van der Waals surface area contributed by atoms with Crippen LogP contribution in [-0.2, 0) is 23.8 Å². The van der Waals surface area contributed by atoms with E-state index in [9.17, 15) is 14.0 Å². The number of allylic oxidation sites excluding steroid dienone is 1. The minimum atomic E-state index is -0.964. The molecule has 1 unspecified atom stereocenters. The van der Waals surface area contributed by atoms with E-state index in [0.29, 0.717) is 18.0 Å². The molecule has 1 aromatic carbocycles. The smallest absolute Gasteiger partial charge is 0.336 e. The molecule has 1 N–H and O–H groups in total. The summed E-state index contributed by atoms with van der Waals surface area (Å²) in [4.78, 5) is 25.3. The summed E-state index contributed by atoms with van der Waals surface area (Å²) in [5.41, 5.74) is 1.43. The Morgan fingerprint density at radius 1 is 1.14 bits per heavy atom. The maximum absolute atomic E-state index is 14.7. The van der Waals surface area contributed by atoms with Crippen molar-refractivity contribution in [2.24, 2.45) is 0 Å². The number of esters is 2. The van der Waals surface area contributed by atoms with Crippen LogP contribution in [0.1, 0.15) is 38.7 Å². The Hall–Kier alpha value is -2.67. The summed E-state index contributed by atoms with van der Waals surface area (Å²) in [5, 5.41) is 3.06. The van der Waals surface area contributed by atoms with Crippen LogP contribution in [0.25, 0.3) is 0 Å². The van der Waals surface area contributed by atoms with Crippen molar-refractivity contribution < 1.29 is 28.2 Å². The second kappa shape index (κ2) is 10.0. The zero-order valence-corrected chi connectivity index (χ0v) is 16.6. The molecule has 0 saturated carbocycles. The molecule has 1 aromatic rings. The molecule has 1 aliphatic heterocycles. The first-order valence-corrected chi connectivity index (χ1v) is 9.24. The van der Waals surface area contributed by atoms with Gasteiger partial charge in [-0.2, -0.15) is 0 Å². The van der Waals surface area contributed by atoms with Gasteiger partial charge in [-0.05, 0) is 26.3 Å². The van der Waals surface area contributed by atoms with E-state index < -0.39 is 23.7 Å². The highest BCUT2D eigenvalue weighted by Crippen LogP contribution is 2.40. The topological polar surface area (TPSA) is 73.9 Å². The molecule has 0 saturated heterocycles. The third-order valence-electron chi connectivity index (χ3n) is 4.36. The minimum absolute atomic E-state index is 0.110. The van der Waals surface area contributed by atoms with Crippen LogP contribution >= 0.6 is 0 Å². The fourth-order valence-corrected chi connectivity index (χ4v) is 3.18. The maximum Gasteiger partial charge on any atom is 0.336 e. The molecule has 7 heteroatoms. The number of benzene rings is 1. The summed E-state index contributed by atoms with van der Waals surface area (Å²) >= 11 is 0. The summed E-state index contributed by atoms with van der Waals surface area (Å²) in [6.45, 7) is 6.09. The van der Waals surface area contributed by atoms with Crippen LogP contribution in [-0.4, -0.2) is 38.9 Å². The van der Waals surface area contributed by atoms with Crippen LogP contribution in [0.15, 0.2) is 46.8 Å². The van der Waals surface area contributed by atoms with Gasteiger partial charge in [-0.3, -0.25) is 0 Å². The highest BCUT2D eigenvalue weighted by atomic mass is 18.2. The van der Waals surface area contributed by atoms with Crippen LogP contribution in [0.5, 0.6) is 0 Å². The SMILES string of the molecule is CCCOCC1=C(C(=O)OCC)C(c2ccccc2[18F])C(C(=O)OC)=C(C)N1. The van der Waals surface area contributed by atoms with Gasteiger partial charge < -0.3 is 19.5 Å². The molecule has 28 heavy (non-hydrogen) atoms. The first kappa shape index (κ1) is 21.6. The van der Waals surface area contributed by atoms with Crippen LogP contribution in [0.4, 0.5) is 4.39 Å². The van der Waals surface area contributed by atoms with Gasteiger partial charge in [0.1, 0.15) is 5.82 Å². The Balaban J connectivity index is 2.67. The average molecular weight is 390 g/mol. The molecule has 6 nitrogen and oxygen atoms in total. The van der Waals surface area contributed by atoms with Crippen molar-refractivity contribution in [3.8, 4) is 0 Å². The van der Waals surface area contributed by atoms with Crippen LogP contribution < -0.4 is 5.32 Å². The van der Waals surface area contributed by atoms with Gasteiger partial charge in [0.25, 0.3) is 0 Å². The molecule has 152 valence electrons. The number of hydrogen-bond acceptors (Lipinski definition) is 6. The van der Waals surface area contributed by atoms with Crippen molar-refractivity contribution in [1.82, 2.24) is 5.32 Å². The Labute approximate surface area is 164 Å². The van der Waals surface area contributed by atoms with Crippen molar-refractivity contribution in [3.63, 3.8) is 0 Å². The molecule has 1 atom stereocenters. The van der Waals surface area contributed by atoms with Gasteiger partial charge in [-0.25, -0.2) is 14.0 Å². The zero-order valence-electron chi connectivity index (χ0n) is 16.6. The van der Waals surface area contributed by atoms with Gasteiger partial charge >= 0.3 is 11.9 Å². The monoisotopic (exact) mass is 390 g/mol. The number of nitrogens with one attached hydrogen (secondary N) is 1. The minimum Gasteiger partial charge on any atom is -0.466 e. The first-order chi connectivity index (χ1) is 13.5. The van der Waals surface area contributed by atoms with Crippen molar-refractivity contribution in [3.05, 3.63) is 58.2 Å². The Kier molecular flexibility index (Phi) is 7.75. The van der Waals surface area contributed by atoms with Gasteiger partial charge in [0.2, 0.25) is 0 Å². The van der Waals surface area contributed by atoms with Gasteiger partial charge in [-0.15, -0.1) is 0 Å². The molecule has 0 spiro atoms. The van der Waals surface area contributed by atoms with E-state index in [4.69, 9.17) is 14.2 Å². The molecule has 0 aliphatic carbocycles. The molecule has 0 aromatic heterocycles. The normalized spacial score (nSPS) is 16.7. The Bertz CT molecular complexity index is 800. The number of methoxy groups -OCH3 is 1. The van der Waals surface area contributed by atoms with Gasteiger partial charge in [0, 0.05) is 17.9 Å². The van der Waals surface area contributed by atoms with Crippen molar-refractivity contribution in [1.29, 1.82) is 0 Å². The van der Waals surface area contributed by atoms with Gasteiger partial charge in [0.15, 0.2) is 0 Å². The lowest BCUT2D eigenvalue weighted by molar-refractivity contribution is -0.139. The predicted octanol–water partition coefficient (Wildman–Crippen LogP) is 3.20. The van der Waals surface area contributed by atoms with Gasteiger partial charge in [0.05, 0.1) is 43.1 Å². The number of hydrogen-bond donors (Lipinski definition) is 1. The summed E-state index contributed by atoms with van der Waals surface area (Å²) in [6.07, 6.45) is 0.807. The van der Waals surface area contributed by atoms with Crippen LogP contribution in [0.3, 0.4) is 0 Å². The molecule has 0 amide bonds. The lowest BCUT2D eigenvalue weighted by atomic mass is 9.80. The van der Waals surface area contributed by atoms with E-state index in [2.05, 4.69) is 5.32 Å². The van der Waals surface area contributed by atoms with E-state index in [1.54, 1.807) is 32.0 Å². The number of carbonyl (C=O) groups excluding carboxylic acids is 2. The molecular formula is C21H26FNO5. The Morgan fingerprint density at radius 3 is 2.46 bits per heavy atom. The fourth-order valence-electron chi connectivity index (χ4n) is 3.18. The number of carbonyl (C=O) groups is 2. The van der Waals surface area contributed by atoms with E-state index >= 15 is 0 Å². The summed E-state index contributed by atoms with van der Waals surface area (Å²) in [7, 11) is 1.24. The second-order valence-electron chi connectivity index (χ2n) is 6.28. The highest BCUT2D eigenvalue weighted by molar-refractivity contribution is 6.00. The highest BCUT2D eigenvalue weighted by Gasteiger charge is 2.39. The zero-order chi connectivity index (χ0) is 20.7. The van der Waals surface area contributed by atoms with E-state index in [1.807, 2.05) is 6.92 Å². The fraction of sp³-hybridized carbons (Fsp3) is 0.429. The number of dihydropyridines is 1. The molecule has 1 heterocycles.